The lowest BCUT2D eigenvalue weighted by Crippen LogP contribution is -1.95. The molecule has 0 radical (unpaired) electrons. The zero-order valence-electron chi connectivity index (χ0n) is 10.1. The number of rotatable bonds is 2. The first-order valence-corrected chi connectivity index (χ1v) is 7.31. The lowest BCUT2D eigenvalue weighted by Gasteiger charge is -2.10. The van der Waals surface area contributed by atoms with Crippen molar-refractivity contribution in [1.29, 1.82) is 0 Å². The predicted octanol–water partition coefficient (Wildman–Crippen LogP) is 5.44. The normalized spacial score (nSPS) is 10.8. The fraction of sp³-hybridized carbons (Fsp3) is 0. The second-order valence-corrected chi connectivity index (χ2v) is 5.89. The zero-order chi connectivity index (χ0) is 14.1. The van der Waals surface area contributed by atoms with E-state index >= 15 is 0 Å². The third kappa shape index (κ3) is 2.73. The fourth-order valence-electron chi connectivity index (χ4n) is 1.84. The van der Waals surface area contributed by atoms with Gasteiger partial charge < -0.3 is 5.32 Å². The van der Waals surface area contributed by atoms with Crippen LogP contribution in [-0.4, -0.2) is 9.97 Å². The van der Waals surface area contributed by atoms with Crippen molar-refractivity contribution >= 4 is 61.5 Å². The molecule has 3 nitrogen and oxygen atoms in total. The Morgan fingerprint density at radius 1 is 1.00 bits per heavy atom. The molecule has 1 aromatic carbocycles. The molecule has 100 valence electrons. The van der Waals surface area contributed by atoms with Crippen molar-refractivity contribution in [2.45, 2.75) is 0 Å². The number of anilines is 2. The van der Waals surface area contributed by atoms with Crippen molar-refractivity contribution in [1.82, 2.24) is 9.97 Å². The Labute approximate surface area is 134 Å². The molecular formula is C14H8BrCl2N3. The van der Waals surface area contributed by atoms with E-state index in [2.05, 4.69) is 31.2 Å². The van der Waals surface area contributed by atoms with E-state index in [9.17, 15) is 0 Å². The summed E-state index contributed by atoms with van der Waals surface area (Å²) in [4.78, 5) is 8.67. The lowest BCUT2D eigenvalue weighted by atomic mass is 10.2. The SMILES string of the molecule is Clc1ccc(Cl)c(Nc2ccnc3cc(Br)cnc23)c1. The summed E-state index contributed by atoms with van der Waals surface area (Å²) in [5.41, 5.74) is 3.12. The van der Waals surface area contributed by atoms with Gasteiger partial charge in [-0.2, -0.15) is 0 Å². The first kappa shape index (κ1) is 13.6. The first-order valence-electron chi connectivity index (χ1n) is 5.76. The maximum atomic E-state index is 6.16. The molecule has 1 N–H and O–H groups in total. The molecule has 20 heavy (non-hydrogen) atoms. The Kier molecular flexibility index (Phi) is 3.78. The van der Waals surface area contributed by atoms with Crippen molar-refractivity contribution in [2.75, 3.05) is 5.32 Å². The van der Waals surface area contributed by atoms with Crippen LogP contribution in [0.4, 0.5) is 11.4 Å². The van der Waals surface area contributed by atoms with Gasteiger partial charge in [0.05, 0.1) is 21.9 Å². The second-order valence-electron chi connectivity index (χ2n) is 4.13. The molecule has 0 saturated heterocycles. The van der Waals surface area contributed by atoms with Crippen LogP contribution in [0, 0.1) is 0 Å². The highest BCUT2D eigenvalue weighted by Crippen LogP contribution is 2.31. The molecule has 0 saturated carbocycles. The molecule has 0 atom stereocenters. The van der Waals surface area contributed by atoms with Crippen LogP contribution in [0.15, 0.2) is 47.2 Å². The van der Waals surface area contributed by atoms with Crippen molar-refractivity contribution < 1.29 is 0 Å². The van der Waals surface area contributed by atoms with E-state index in [1.165, 1.54) is 0 Å². The van der Waals surface area contributed by atoms with Crippen molar-refractivity contribution in [3.05, 3.63) is 57.2 Å². The van der Waals surface area contributed by atoms with Crippen LogP contribution < -0.4 is 5.32 Å². The highest BCUT2D eigenvalue weighted by Gasteiger charge is 2.07. The van der Waals surface area contributed by atoms with Crippen LogP contribution in [0.5, 0.6) is 0 Å². The van der Waals surface area contributed by atoms with Crippen LogP contribution >= 0.6 is 39.1 Å². The summed E-state index contributed by atoms with van der Waals surface area (Å²) < 4.78 is 0.885. The molecule has 0 aliphatic rings. The first-order chi connectivity index (χ1) is 9.63. The number of aromatic nitrogens is 2. The van der Waals surface area contributed by atoms with Gasteiger partial charge in [-0.05, 0) is 46.3 Å². The Morgan fingerprint density at radius 2 is 1.85 bits per heavy atom. The van der Waals surface area contributed by atoms with Gasteiger partial charge in [-0.15, -0.1) is 0 Å². The van der Waals surface area contributed by atoms with E-state index in [0.29, 0.717) is 10.0 Å². The molecule has 0 aliphatic carbocycles. The average Bonchev–Trinajstić information content (AvgIpc) is 2.43. The van der Waals surface area contributed by atoms with Crippen LogP contribution in [0.1, 0.15) is 0 Å². The fourth-order valence-corrected chi connectivity index (χ4v) is 2.50. The van der Waals surface area contributed by atoms with Gasteiger partial charge >= 0.3 is 0 Å². The minimum absolute atomic E-state index is 0.594. The summed E-state index contributed by atoms with van der Waals surface area (Å²) in [6.07, 6.45) is 3.45. The molecular weight excluding hydrogens is 361 g/mol. The highest BCUT2D eigenvalue weighted by atomic mass is 79.9. The van der Waals surface area contributed by atoms with E-state index < -0.39 is 0 Å². The number of nitrogens with zero attached hydrogens (tertiary/aromatic N) is 2. The van der Waals surface area contributed by atoms with Gasteiger partial charge in [0.25, 0.3) is 0 Å². The third-order valence-corrected chi connectivity index (χ3v) is 3.74. The number of fused-ring (bicyclic) bond motifs is 1. The largest absolute Gasteiger partial charge is 0.352 e. The van der Waals surface area contributed by atoms with Gasteiger partial charge in [0.2, 0.25) is 0 Å². The molecule has 3 aromatic rings. The van der Waals surface area contributed by atoms with Gasteiger partial charge in [-0.1, -0.05) is 23.2 Å². The van der Waals surface area contributed by atoms with Crippen LogP contribution in [-0.2, 0) is 0 Å². The third-order valence-electron chi connectivity index (χ3n) is 2.74. The van der Waals surface area contributed by atoms with Gasteiger partial charge in [0.15, 0.2) is 0 Å². The minimum Gasteiger partial charge on any atom is -0.352 e. The molecule has 0 fully saturated rings. The molecule has 3 rings (SSSR count). The molecule has 0 bridgehead atoms. The quantitative estimate of drug-likeness (QED) is 0.654. The van der Waals surface area contributed by atoms with Crippen molar-refractivity contribution in [3.63, 3.8) is 0 Å². The van der Waals surface area contributed by atoms with Crippen molar-refractivity contribution in [2.24, 2.45) is 0 Å². The van der Waals surface area contributed by atoms with Crippen molar-refractivity contribution in [3.8, 4) is 0 Å². The number of hydrogen-bond acceptors (Lipinski definition) is 3. The van der Waals surface area contributed by atoms with Gasteiger partial charge in [0, 0.05) is 21.9 Å². The van der Waals surface area contributed by atoms with Gasteiger partial charge in [-0.3, -0.25) is 9.97 Å². The summed E-state index contributed by atoms with van der Waals surface area (Å²) in [6, 6.07) is 9.03. The Balaban J connectivity index is 2.09. The van der Waals surface area contributed by atoms with E-state index in [1.807, 2.05) is 12.1 Å². The topological polar surface area (TPSA) is 37.8 Å². The summed E-state index contributed by atoms with van der Waals surface area (Å²) in [7, 11) is 0. The molecule has 0 aliphatic heterocycles. The Bertz CT molecular complexity index is 792. The predicted molar refractivity (Wildman–Crippen MR) is 87.0 cm³/mol. The highest BCUT2D eigenvalue weighted by molar-refractivity contribution is 9.10. The maximum Gasteiger partial charge on any atom is 0.112 e. The van der Waals surface area contributed by atoms with E-state index in [1.54, 1.807) is 30.6 Å². The summed E-state index contributed by atoms with van der Waals surface area (Å²) in [5, 5.41) is 4.45. The molecule has 2 heterocycles. The van der Waals surface area contributed by atoms with Gasteiger partial charge in [0.1, 0.15) is 5.52 Å². The number of benzene rings is 1. The van der Waals surface area contributed by atoms with E-state index in [0.717, 1.165) is 26.9 Å². The average molecular weight is 369 g/mol. The number of nitrogens with one attached hydrogen (secondary N) is 1. The van der Waals surface area contributed by atoms with E-state index in [-0.39, 0.29) is 0 Å². The smallest absolute Gasteiger partial charge is 0.112 e. The van der Waals surface area contributed by atoms with E-state index in [4.69, 9.17) is 23.2 Å². The van der Waals surface area contributed by atoms with Gasteiger partial charge in [-0.25, -0.2) is 0 Å². The Morgan fingerprint density at radius 3 is 2.70 bits per heavy atom. The molecule has 0 unspecified atom stereocenters. The minimum atomic E-state index is 0.594. The summed E-state index contributed by atoms with van der Waals surface area (Å²) >= 11 is 15.5. The zero-order valence-corrected chi connectivity index (χ0v) is 13.2. The molecule has 0 amide bonds. The standard InChI is InChI=1S/C14H8BrCl2N3/c15-8-5-13-14(19-7-8)11(3-4-18-13)20-12-6-9(16)1-2-10(12)17/h1-7H,(H,18,20). The van der Waals surface area contributed by atoms with Crippen LogP contribution in [0.3, 0.4) is 0 Å². The molecule has 2 aromatic heterocycles. The van der Waals surface area contributed by atoms with Crippen LogP contribution in [0.25, 0.3) is 11.0 Å². The van der Waals surface area contributed by atoms with Crippen LogP contribution in [0.2, 0.25) is 10.0 Å². The summed E-state index contributed by atoms with van der Waals surface area (Å²) in [6.45, 7) is 0. The number of hydrogen-bond donors (Lipinski definition) is 1. The molecule has 0 spiro atoms. The summed E-state index contributed by atoms with van der Waals surface area (Å²) in [5.74, 6) is 0. The second kappa shape index (κ2) is 5.56. The maximum absolute atomic E-state index is 6.16. The Hall–Kier alpha value is -1.36. The lowest BCUT2D eigenvalue weighted by molar-refractivity contribution is 1.32. The number of halogens is 3. The number of pyridine rings is 2. The molecule has 6 heteroatoms. The monoisotopic (exact) mass is 367 g/mol.